The van der Waals surface area contributed by atoms with Crippen molar-refractivity contribution in [2.24, 2.45) is 0 Å². The zero-order valence-corrected chi connectivity index (χ0v) is 18.3. The Morgan fingerprint density at radius 2 is 1.47 bits per heavy atom. The summed E-state index contributed by atoms with van der Waals surface area (Å²) >= 11 is 0. The third-order valence-corrected chi connectivity index (χ3v) is 6.85. The topological polar surface area (TPSA) is 72.3 Å². The zero-order valence-electron chi connectivity index (χ0n) is 18.3. The first-order valence-corrected chi connectivity index (χ1v) is 11.6. The maximum Gasteiger partial charge on any atom is 0.262 e. The number of fused-ring (bicyclic) bond motifs is 2. The van der Waals surface area contributed by atoms with Crippen molar-refractivity contribution < 1.29 is 9.59 Å². The van der Waals surface area contributed by atoms with Gasteiger partial charge in [-0.1, -0.05) is 56.9 Å². The molecule has 0 saturated heterocycles. The zero-order chi connectivity index (χ0) is 22.2. The average Bonchev–Trinajstić information content (AvgIpc) is 2.98. The minimum Gasteiger partial charge on any atom is -0.291 e. The lowest BCUT2D eigenvalue weighted by Gasteiger charge is -2.30. The Hall–Kier alpha value is -3.28. The van der Waals surface area contributed by atoms with Gasteiger partial charge in [0, 0.05) is 6.04 Å². The van der Waals surface area contributed by atoms with Gasteiger partial charge in [-0.2, -0.15) is 0 Å². The highest BCUT2D eigenvalue weighted by Crippen LogP contribution is 2.35. The van der Waals surface area contributed by atoms with E-state index in [9.17, 15) is 14.4 Å². The molecule has 1 fully saturated rings. The Labute approximate surface area is 186 Å². The molecular formula is C26H27N3O3. The highest BCUT2D eigenvalue weighted by Gasteiger charge is 2.41. The molecule has 0 bridgehead atoms. The van der Waals surface area contributed by atoms with Gasteiger partial charge in [-0.3, -0.25) is 23.9 Å². The Kier molecular flexibility index (Phi) is 5.37. The molecule has 1 aliphatic carbocycles. The van der Waals surface area contributed by atoms with E-state index in [0.29, 0.717) is 34.3 Å². The van der Waals surface area contributed by atoms with Crippen molar-refractivity contribution in [2.75, 3.05) is 0 Å². The third kappa shape index (κ3) is 3.25. The van der Waals surface area contributed by atoms with E-state index in [1.807, 2.05) is 35.8 Å². The fourth-order valence-electron chi connectivity index (χ4n) is 5.24. The van der Waals surface area contributed by atoms with E-state index in [0.717, 1.165) is 38.5 Å². The van der Waals surface area contributed by atoms with Crippen LogP contribution in [0.3, 0.4) is 0 Å². The molecule has 3 aromatic rings. The van der Waals surface area contributed by atoms with Crippen LogP contribution in [0, 0.1) is 0 Å². The number of imide groups is 1. The maximum atomic E-state index is 13.7. The van der Waals surface area contributed by atoms with Crippen molar-refractivity contribution in [1.29, 1.82) is 0 Å². The molecular weight excluding hydrogens is 402 g/mol. The van der Waals surface area contributed by atoms with Gasteiger partial charge in [-0.05, 0) is 43.5 Å². The van der Waals surface area contributed by atoms with Crippen LogP contribution in [0.1, 0.15) is 90.5 Å². The van der Waals surface area contributed by atoms with E-state index < -0.39 is 6.04 Å². The smallest absolute Gasteiger partial charge is 0.262 e. The molecule has 6 heteroatoms. The summed E-state index contributed by atoms with van der Waals surface area (Å²) in [5, 5.41) is 0.581. The van der Waals surface area contributed by atoms with E-state index in [4.69, 9.17) is 4.98 Å². The molecule has 0 N–H and O–H groups in total. The molecule has 2 aromatic carbocycles. The Bertz CT molecular complexity index is 1220. The van der Waals surface area contributed by atoms with E-state index in [1.165, 1.54) is 4.90 Å². The number of carbonyl (C=O) groups excluding carboxylic acids is 2. The van der Waals surface area contributed by atoms with Crippen LogP contribution in [-0.2, 0) is 0 Å². The third-order valence-electron chi connectivity index (χ3n) is 6.85. The van der Waals surface area contributed by atoms with Crippen molar-refractivity contribution in [3.8, 4) is 0 Å². The number of hydrogen-bond donors (Lipinski definition) is 0. The number of carbonyl (C=O) groups is 2. The second kappa shape index (κ2) is 8.34. The van der Waals surface area contributed by atoms with Crippen molar-refractivity contribution in [3.05, 3.63) is 75.8 Å². The lowest BCUT2D eigenvalue weighted by atomic mass is 10.1. The fraction of sp³-hybridized carbons (Fsp3) is 0.385. The molecule has 0 spiro atoms. The first-order chi connectivity index (χ1) is 15.6. The van der Waals surface area contributed by atoms with Gasteiger partial charge in [-0.15, -0.1) is 0 Å². The number of aromatic nitrogens is 2. The monoisotopic (exact) mass is 429 g/mol. The molecule has 32 heavy (non-hydrogen) atoms. The minimum atomic E-state index is -0.594. The largest absolute Gasteiger partial charge is 0.291 e. The van der Waals surface area contributed by atoms with Gasteiger partial charge in [0.1, 0.15) is 5.82 Å². The van der Waals surface area contributed by atoms with Gasteiger partial charge in [0.15, 0.2) is 0 Å². The molecule has 2 amide bonds. The number of benzene rings is 2. The highest BCUT2D eigenvalue weighted by molar-refractivity contribution is 6.21. The lowest BCUT2D eigenvalue weighted by Crippen LogP contribution is -2.39. The summed E-state index contributed by atoms with van der Waals surface area (Å²) in [5.41, 5.74) is 1.36. The molecule has 0 unspecified atom stereocenters. The van der Waals surface area contributed by atoms with Crippen molar-refractivity contribution in [1.82, 2.24) is 14.5 Å². The number of hydrogen-bond acceptors (Lipinski definition) is 4. The maximum absolute atomic E-state index is 13.7. The predicted molar refractivity (Wildman–Crippen MR) is 123 cm³/mol. The summed E-state index contributed by atoms with van der Waals surface area (Å²) in [4.78, 5) is 46.5. The van der Waals surface area contributed by atoms with Crippen LogP contribution in [0.2, 0.25) is 0 Å². The SMILES string of the molecule is CC[C@H](c1nc2ccccc2c(=O)n1C1CCCCCC1)N1C(=O)c2ccccc2C1=O. The second-order valence-corrected chi connectivity index (χ2v) is 8.76. The Morgan fingerprint density at radius 1 is 0.875 bits per heavy atom. The van der Waals surface area contributed by atoms with Gasteiger partial charge >= 0.3 is 0 Å². The molecule has 5 rings (SSSR count). The van der Waals surface area contributed by atoms with Crippen LogP contribution in [-0.4, -0.2) is 26.3 Å². The average molecular weight is 430 g/mol. The van der Waals surface area contributed by atoms with Crippen molar-refractivity contribution in [2.45, 2.75) is 64.0 Å². The van der Waals surface area contributed by atoms with Gasteiger partial charge in [0.2, 0.25) is 0 Å². The first kappa shape index (κ1) is 20.6. The second-order valence-electron chi connectivity index (χ2n) is 8.76. The van der Waals surface area contributed by atoms with Crippen LogP contribution in [0.5, 0.6) is 0 Å². The van der Waals surface area contributed by atoms with Gasteiger partial charge in [0.25, 0.3) is 17.4 Å². The molecule has 0 radical (unpaired) electrons. The van der Waals surface area contributed by atoms with Gasteiger partial charge in [-0.25, -0.2) is 4.98 Å². The molecule has 6 nitrogen and oxygen atoms in total. The number of rotatable bonds is 4. The van der Waals surface area contributed by atoms with E-state index >= 15 is 0 Å². The fourth-order valence-corrected chi connectivity index (χ4v) is 5.24. The van der Waals surface area contributed by atoms with E-state index in [-0.39, 0.29) is 23.4 Å². The number of nitrogens with zero attached hydrogens (tertiary/aromatic N) is 3. The van der Waals surface area contributed by atoms with Gasteiger partial charge in [0.05, 0.1) is 28.1 Å². The summed E-state index contributed by atoms with van der Waals surface area (Å²) in [6.45, 7) is 1.94. The van der Waals surface area contributed by atoms with Crippen LogP contribution in [0.15, 0.2) is 53.3 Å². The first-order valence-electron chi connectivity index (χ1n) is 11.6. The highest BCUT2D eigenvalue weighted by atomic mass is 16.2. The quantitative estimate of drug-likeness (QED) is 0.430. The summed E-state index contributed by atoms with van der Waals surface area (Å²) in [5.74, 6) is -0.0999. The molecule has 1 aromatic heterocycles. The predicted octanol–water partition coefficient (Wildman–Crippen LogP) is 5.04. The number of para-hydroxylation sites is 1. The Balaban J connectivity index is 1.70. The number of amides is 2. The molecule has 1 atom stereocenters. The van der Waals surface area contributed by atoms with Crippen LogP contribution in [0.25, 0.3) is 10.9 Å². The van der Waals surface area contributed by atoms with Gasteiger partial charge < -0.3 is 0 Å². The normalized spacial score (nSPS) is 18.1. The molecule has 2 heterocycles. The molecule has 2 aliphatic rings. The van der Waals surface area contributed by atoms with E-state index in [2.05, 4.69) is 0 Å². The Morgan fingerprint density at radius 3 is 2.09 bits per heavy atom. The summed E-state index contributed by atoms with van der Waals surface area (Å²) in [7, 11) is 0. The molecule has 164 valence electrons. The van der Waals surface area contributed by atoms with Crippen LogP contribution in [0.4, 0.5) is 0 Å². The summed E-state index contributed by atoms with van der Waals surface area (Å²) in [6.07, 6.45) is 6.76. The summed E-state index contributed by atoms with van der Waals surface area (Å²) in [6, 6.07) is 13.7. The van der Waals surface area contributed by atoms with Crippen LogP contribution < -0.4 is 5.56 Å². The van der Waals surface area contributed by atoms with E-state index in [1.54, 1.807) is 24.3 Å². The minimum absolute atomic E-state index is 0.0290. The lowest BCUT2D eigenvalue weighted by molar-refractivity contribution is 0.0564. The van der Waals surface area contributed by atoms with Crippen molar-refractivity contribution in [3.63, 3.8) is 0 Å². The van der Waals surface area contributed by atoms with Crippen molar-refractivity contribution >= 4 is 22.7 Å². The standard InChI is InChI=1S/C26H27N3O3/c1-2-22(29-24(30)18-13-7-8-14-19(18)25(29)31)23-27-21-16-10-9-15-20(21)26(32)28(23)17-11-5-3-4-6-12-17/h7-10,13-17,22H,2-6,11-12H2,1H3/t22-/m1/s1. The molecule has 1 aliphatic heterocycles. The molecule has 1 saturated carbocycles. The summed E-state index contributed by atoms with van der Waals surface area (Å²) < 4.78 is 1.81. The van der Waals surface area contributed by atoms with Crippen LogP contribution >= 0.6 is 0 Å².